The Kier molecular flexibility index (Phi) is 6.22. The predicted molar refractivity (Wildman–Crippen MR) is 126 cm³/mol. The fourth-order valence-electron chi connectivity index (χ4n) is 3.21. The molecule has 0 spiro atoms. The molecule has 0 aliphatic heterocycles. The van der Waals surface area contributed by atoms with Crippen LogP contribution in [-0.4, -0.2) is 37.8 Å². The van der Waals surface area contributed by atoms with E-state index in [-0.39, 0.29) is 22.8 Å². The summed E-state index contributed by atoms with van der Waals surface area (Å²) in [5, 5.41) is 3.19. The summed E-state index contributed by atoms with van der Waals surface area (Å²) < 4.78 is 34.0. The minimum absolute atomic E-state index is 0.0737. The van der Waals surface area contributed by atoms with Gasteiger partial charge in [-0.2, -0.15) is 4.31 Å². The standard InChI is InChI=1S/C23H21N3O4S2/c1-26(15-16-8-4-3-5-9-16)32(28,29)21-14-17(12-13-19(21)30-2)22(27)25-23-24-18-10-6-7-11-20(18)31-23/h3-14H,15H2,1-2H3,(H,24,25,27). The number of sulfonamides is 1. The third-order valence-electron chi connectivity index (χ3n) is 4.88. The van der Waals surface area contributed by atoms with E-state index in [1.807, 2.05) is 54.6 Å². The lowest BCUT2D eigenvalue weighted by Gasteiger charge is -2.19. The SMILES string of the molecule is COc1ccc(C(=O)Nc2nc3ccccc3s2)cc1S(=O)(=O)N(C)Cc1ccccc1. The highest BCUT2D eigenvalue weighted by atomic mass is 32.2. The van der Waals surface area contributed by atoms with Crippen LogP contribution in [-0.2, 0) is 16.6 Å². The summed E-state index contributed by atoms with van der Waals surface area (Å²) in [5.41, 5.74) is 1.83. The molecule has 0 unspecified atom stereocenters. The molecule has 32 heavy (non-hydrogen) atoms. The van der Waals surface area contributed by atoms with Crippen molar-refractivity contribution in [2.45, 2.75) is 11.4 Å². The van der Waals surface area contributed by atoms with E-state index in [1.54, 1.807) is 0 Å². The van der Waals surface area contributed by atoms with Gasteiger partial charge in [-0.1, -0.05) is 53.8 Å². The van der Waals surface area contributed by atoms with Gasteiger partial charge in [-0.3, -0.25) is 10.1 Å². The molecular weight excluding hydrogens is 446 g/mol. The van der Waals surface area contributed by atoms with Gasteiger partial charge in [0.1, 0.15) is 10.6 Å². The molecule has 9 heteroatoms. The highest BCUT2D eigenvalue weighted by Gasteiger charge is 2.26. The van der Waals surface area contributed by atoms with E-state index in [2.05, 4.69) is 10.3 Å². The summed E-state index contributed by atoms with van der Waals surface area (Å²) in [6.45, 7) is 0.189. The number of para-hydroxylation sites is 1. The minimum Gasteiger partial charge on any atom is -0.495 e. The number of ether oxygens (including phenoxy) is 1. The van der Waals surface area contributed by atoms with Gasteiger partial charge >= 0.3 is 0 Å². The Morgan fingerprint density at radius 1 is 1.06 bits per heavy atom. The third kappa shape index (κ3) is 4.50. The lowest BCUT2D eigenvalue weighted by atomic mass is 10.2. The second kappa shape index (κ2) is 9.07. The Morgan fingerprint density at radius 3 is 2.50 bits per heavy atom. The zero-order valence-electron chi connectivity index (χ0n) is 17.5. The van der Waals surface area contributed by atoms with Gasteiger partial charge in [-0.05, 0) is 35.9 Å². The van der Waals surface area contributed by atoms with Crippen LogP contribution in [0.2, 0.25) is 0 Å². The van der Waals surface area contributed by atoms with Crippen molar-refractivity contribution in [1.82, 2.24) is 9.29 Å². The summed E-state index contributed by atoms with van der Waals surface area (Å²) in [5.74, 6) is -0.282. The number of nitrogens with one attached hydrogen (secondary N) is 1. The highest BCUT2D eigenvalue weighted by Crippen LogP contribution is 2.30. The van der Waals surface area contributed by atoms with E-state index in [1.165, 1.54) is 48.0 Å². The molecule has 1 N–H and O–H groups in total. The fourth-order valence-corrected chi connectivity index (χ4v) is 5.41. The molecular formula is C23H21N3O4S2. The maximum Gasteiger partial charge on any atom is 0.257 e. The van der Waals surface area contributed by atoms with Crippen molar-refractivity contribution in [1.29, 1.82) is 0 Å². The number of carbonyl (C=O) groups excluding carboxylic acids is 1. The normalized spacial score (nSPS) is 11.6. The van der Waals surface area contributed by atoms with Crippen LogP contribution in [0.15, 0.2) is 77.7 Å². The lowest BCUT2D eigenvalue weighted by Crippen LogP contribution is -2.27. The molecule has 1 aromatic heterocycles. The van der Waals surface area contributed by atoms with E-state index < -0.39 is 15.9 Å². The smallest absolute Gasteiger partial charge is 0.257 e. The number of rotatable bonds is 7. The number of aromatic nitrogens is 1. The minimum atomic E-state index is -3.91. The van der Waals surface area contributed by atoms with Crippen molar-refractivity contribution >= 4 is 42.6 Å². The largest absolute Gasteiger partial charge is 0.495 e. The number of anilines is 1. The molecule has 7 nitrogen and oxygen atoms in total. The molecule has 0 saturated heterocycles. The third-order valence-corrected chi connectivity index (χ3v) is 7.65. The van der Waals surface area contributed by atoms with Crippen LogP contribution in [0.3, 0.4) is 0 Å². The average Bonchev–Trinajstić information content (AvgIpc) is 3.21. The topological polar surface area (TPSA) is 88.6 Å². The quantitative estimate of drug-likeness (QED) is 0.436. The molecule has 0 bridgehead atoms. The first-order chi connectivity index (χ1) is 15.4. The number of hydrogen-bond donors (Lipinski definition) is 1. The van der Waals surface area contributed by atoms with E-state index >= 15 is 0 Å². The Morgan fingerprint density at radius 2 is 1.78 bits per heavy atom. The maximum atomic E-state index is 13.3. The van der Waals surface area contributed by atoms with Crippen molar-refractivity contribution < 1.29 is 17.9 Å². The van der Waals surface area contributed by atoms with E-state index in [0.717, 1.165) is 15.8 Å². The Labute approximate surface area is 190 Å². The van der Waals surface area contributed by atoms with Crippen molar-refractivity contribution in [2.75, 3.05) is 19.5 Å². The summed E-state index contributed by atoms with van der Waals surface area (Å²) >= 11 is 1.35. The first-order valence-corrected chi connectivity index (χ1v) is 12.0. The van der Waals surface area contributed by atoms with Crippen LogP contribution < -0.4 is 10.1 Å². The second-order valence-electron chi connectivity index (χ2n) is 7.05. The molecule has 0 fully saturated rings. The highest BCUT2D eigenvalue weighted by molar-refractivity contribution is 7.89. The molecule has 0 atom stereocenters. The summed E-state index contributed by atoms with van der Waals surface area (Å²) in [4.78, 5) is 17.2. The van der Waals surface area contributed by atoms with Crippen molar-refractivity contribution in [3.05, 3.63) is 83.9 Å². The Bertz CT molecular complexity index is 1340. The monoisotopic (exact) mass is 467 g/mol. The maximum absolute atomic E-state index is 13.3. The van der Waals surface area contributed by atoms with Gasteiger partial charge in [0.2, 0.25) is 10.0 Å². The summed E-state index contributed by atoms with van der Waals surface area (Å²) in [6.07, 6.45) is 0. The first-order valence-electron chi connectivity index (χ1n) is 9.74. The lowest BCUT2D eigenvalue weighted by molar-refractivity contribution is 0.102. The number of methoxy groups -OCH3 is 1. The summed E-state index contributed by atoms with van der Waals surface area (Å²) in [6, 6.07) is 21.2. The number of hydrogen-bond acceptors (Lipinski definition) is 6. The van der Waals surface area contributed by atoms with E-state index in [0.29, 0.717) is 5.13 Å². The van der Waals surface area contributed by atoms with Crippen molar-refractivity contribution in [3.63, 3.8) is 0 Å². The van der Waals surface area contributed by atoms with Gasteiger partial charge in [0.25, 0.3) is 5.91 Å². The molecule has 0 radical (unpaired) electrons. The molecule has 164 valence electrons. The van der Waals surface area contributed by atoms with Crippen LogP contribution in [0.25, 0.3) is 10.2 Å². The Hall–Kier alpha value is -3.27. The summed E-state index contributed by atoms with van der Waals surface area (Å²) in [7, 11) is -1.02. The number of amides is 1. The predicted octanol–water partition coefficient (Wildman–Crippen LogP) is 4.38. The first kappa shape index (κ1) is 21.9. The van der Waals surface area contributed by atoms with Crippen LogP contribution in [0.5, 0.6) is 5.75 Å². The fraction of sp³-hybridized carbons (Fsp3) is 0.130. The van der Waals surface area contributed by atoms with Gasteiger partial charge < -0.3 is 4.74 Å². The zero-order valence-corrected chi connectivity index (χ0v) is 19.1. The van der Waals surface area contributed by atoms with Crippen LogP contribution in [0.1, 0.15) is 15.9 Å². The zero-order chi connectivity index (χ0) is 22.7. The van der Waals surface area contributed by atoms with Gasteiger partial charge in [0.05, 0.1) is 17.3 Å². The molecule has 1 amide bonds. The van der Waals surface area contributed by atoms with Gasteiger partial charge in [-0.25, -0.2) is 13.4 Å². The number of nitrogens with zero attached hydrogens (tertiary/aromatic N) is 2. The molecule has 0 aliphatic carbocycles. The number of benzene rings is 3. The van der Waals surface area contributed by atoms with Crippen LogP contribution in [0.4, 0.5) is 5.13 Å². The second-order valence-corrected chi connectivity index (χ2v) is 10.1. The molecule has 0 aliphatic rings. The number of thiazole rings is 1. The molecule has 4 aromatic rings. The molecule has 3 aromatic carbocycles. The van der Waals surface area contributed by atoms with Crippen LogP contribution >= 0.6 is 11.3 Å². The average molecular weight is 468 g/mol. The number of fused-ring (bicyclic) bond motifs is 1. The van der Waals surface area contributed by atoms with Crippen LogP contribution in [0, 0.1) is 0 Å². The molecule has 0 saturated carbocycles. The number of carbonyl (C=O) groups is 1. The Balaban J connectivity index is 1.61. The van der Waals surface area contributed by atoms with Gasteiger partial charge in [-0.15, -0.1) is 0 Å². The molecule has 1 heterocycles. The molecule has 4 rings (SSSR count). The van der Waals surface area contributed by atoms with Crippen molar-refractivity contribution in [3.8, 4) is 5.75 Å². The van der Waals surface area contributed by atoms with Gasteiger partial charge in [0.15, 0.2) is 5.13 Å². The van der Waals surface area contributed by atoms with Gasteiger partial charge in [0, 0.05) is 19.2 Å². The van der Waals surface area contributed by atoms with E-state index in [4.69, 9.17) is 4.74 Å². The van der Waals surface area contributed by atoms with E-state index in [9.17, 15) is 13.2 Å². The van der Waals surface area contributed by atoms with Crippen molar-refractivity contribution in [2.24, 2.45) is 0 Å².